The van der Waals surface area contributed by atoms with Gasteiger partial charge in [0.25, 0.3) is 0 Å². The van der Waals surface area contributed by atoms with E-state index in [0.29, 0.717) is 0 Å². The summed E-state index contributed by atoms with van der Waals surface area (Å²) in [5, 5.41) is 0.156. The number of hydrogen-bond acceptors (Lipinski definition) is 1. The molecule has 0 bridgehead atoms. The van der Waals surface area contributed by atoms with E-state index in [4.69, 9.17) is 16.3 Å². The van der Waals surface area contributed by atoms with Crippen LogP contribution in [-0.2, 0) is 12.8 Å². The van der Waals surface area contributed by atoms with Crippen LogP contribution < -0.4 is 4.74 Å². The number of hydrogen-bond donors (Lipinski definition) is 0. The van der Waals surface area contributed by atoms with E-state index in [-0.39, 0.29) is 17.4 Å². The highest BCUT2D eigenvalue weighted by Crippen LogP contribution is 2.35. The quantitative estimate of drug-likeness (QED) is 0.777. The van der Waals surface area contributed by atoms with Crippen LogP contribution in [0.1, 0.15) is 11.1 Å². The normalized spacial score (nSPS) is 11.4. The largest absolute Gasteiger partial charge is 0.487 e. The van der Waals surface area contributed by atoms with Crippen molar-refractivity contribution in [3.63, 3.8) is 0 Å². The Morgan fingerprint density at radius 1 is 1.00 bits per heavy atom. The molecule has 2 aromatic carbocycles. The van der Waals surface area contributed by atoms with Gasteiger partial charge in [-0.3, -0.25) is 0 Å². The van der Waals surface area contributed by atoms with Crippen molar-refractivity contribution in [2.24, 2.45) is 0 Å². The van der Waals surface area contributed by atoms with Gasteiger partial charge in [-0.2, -0.15) is 13.2 Å². The molecule has 0 aliphatic rings. The maximum absolute atomic E-state index is 12.6. The van der Waals surface area contributed by atoms with Crippen LogP contribution in [0, 0.1) is 0 Å². The topological polar surface area (TPSA) is 9.23 Å². The van der Waals surface area contributed by atoms with Crippen LogP contribution >= 0.6 is 11.6 Å². The van der Waals surface area contributed by atoms with Crippen molar-refractivity contribution < 1.29 is 17.9 Å². The molecule has 0 aliphatic heterocycles. The zero-order chi connectivity index (χ0) is 13.9. The predicted molar refractivity (Wildman–Crippen MR) is 67.2 cm³/mol. The molecule has 0 fully saturated rings. The highest BCUT2D eigenvalue weighted by molar-refractivity contribution is 6.32. The molecule has 0 atom stereocenters. The van der Waals surface area contributed by atoms with Crippen molar-refractivity contribution >= 4 is 11.6 Å². The molecule has 19 heavy (non-hydrogen) atoms. The molecule has 0 radical (unpaired) electrons. The maximum atomic E-state index is 12.6. The third-order valence-electron chi connectivity index (χ3n) is 2.50. The highest BCUT2D eigenvalue weighted by atomic mass is 35.5. The summed E-state index contributed by atoms with van der Waals surface area (Å²) in [4.78, 5) is 0. The monoisotopic (exact) mass is 286 g/mol. The number of alkyl halides is 3. The molecule has 0 heterocycles. The Hall–Kier alpha value is -1.68. The van der Waals surface area contributed by atoms with Gasteiger partial charge >= 0.3 is 6.18 Å². The van der Waals surface area contributed by atoms with Gasteiger partial charge < -0.3 is 4.74 Å². The number of ether oxygens (including phenoxy) is 1. The molecule has 0 spiro atoms. The van der Waals surface area contributed by atoms with Gasteiger partial charge in [0.1, 0.15) is 12.4 Å². The zero-order valence-electron chi connectivity index (χ0n) is 9.75. The van der Waals surface area contributed by atoms with Gasteiger partial charge in [-0.1, -0.05) is 41.9 Å². The smallest absolute Gasteiger partial charge is 0.416 e. The summed E-state index contributed by atoms with van der Waals surface area (Å²) in [6.45, 7) is 0.169. The van der Waals surface area contributed by atoms with Gasteiger partial charge in [0, 0.05) is 0 Å². The molecule has 0 unspecified atom stereocenters. The lowest BCUT2D eigenvalue weighted by atomic mass is 10.2. The SMILES string of the molecule is FC(F)(F)c1ccc(Cl)c(OCc2ccccc2)c1. The number of rotatable bonds is 3. The van der Waals surface area contributed by atoms with Crippen molar-refractivity contribution in [3.8, 4) is 5.75 Å². The maximum Gasteiger partial charge on any atom is 0.416 e. The molecular weight excluding hydrogens is 277 g/mol. The van der Waals surface area contributed by atoms with Gasteiger partial charge in [0.05, 0.1) is 10.6 Å². The minimum Gasteiger partial charge on any atom is -0.487 e. The van der Waals surface area contributed by atoms with Crippen molar-refractivity contribution in [3.05, 3.63) is 64.7 Å². The summed E-state index contributed by atoms with van der Waals surface area (Å²) >= 11 is 5.82. The first-order chi connectivity index (χ1) is 8.97. The molecule has 1 nitrogen and oxygen atoms in total. The summed E-state index contributed by atoms with van der Waals surface area (Å²) in [7, 11) is 0. The third kappa shape index (κ3) is 3.64. The molecule has 2 aromatic rings. The standard InChI is InChI=1S/C14H10ClF3O/c15-12-7-6-11(14(16,17)18)8-13(12)19-9-10-4-2-1-3-5-10/h1-8H,9H2. The third-order valence-corrected chi connectivity index (χ3v) is 2.81. The first-order valence-electron chi connectivity index (χ1n) is 5.50. The average Bonchev–Trinajstić information content (AvgIpc) is 2.37. The van der Waals surface area contributed by atoms with E-state index in [9.17, 15) is 13.2 Å². The first-order valence-corrected chi connectivity index (χ1v) is 5.88. The Morgan fingerprint density at radius 2 is 1.68 bits per heavy atom. The predicted octanol–water partition coefficient (Wildman–Crippen LogP) is 4.94. The lowest BCUT2D eigenvalue weighted by molar-refractivity contribution is -0.137. The van der Waals surface area contributed by atoms with E-state index >= 15 is 0 Å². The lowest BCUT2D eigenvalue weighted by Crippen LogP contribution is -2.05. The van der Waals surface area contributed by atoms with E-state index in [1.165, 1.54) is 6.07 Å². The van der Waals surface area contributed by atoms with Gasteiger partial charge in [0.15, 0.2) is 0 Å². The van der Waals surface area contributed by atoms with Crippen molar-refractivity contribution in [2.75, 3.05) is 0 Å². The Bertz CT molecular complexity index is 552. The molecular formula is C14H10ClF3O. The lowest BCUT2D eigenvalue weighted by Gasteiger charge is -2.11. The van der Waals surface area contributed by atoms with Crippen LogP contribution in [0.4, 0.5) is 13.2 Å². The fourth-order valence-electron chi connectivity index (χ4n) is 1.53. The van der Waals surface area contributed by atoms with E-state index < -0.39 is 11.7 Å². The van der Waals surface area contributed by atoms with E-state index in [0.717, 1.165) is 17.7 Å². The van der Waals surface area contributed by atoms with Gasteiger partial charge in [0.2, 0.25) is 0 Å². The molecule has 0 amide bonds. The molecule has 0 N–H and O–H groups in total. The highest BCUT2D eigenvalue weighted by Gasteiger charge is 2.31. The van der Waals surface area contributed by atoms with Crippen LogP contribution in [-0.4, -0.2) is 0 Å². The molecule has 0 aromatic heterocycles. The average molecular weight is 287 g/mol. The van der Waals surface area contributed by atoms with Crippen LogP contribution in [0.15, 0.2) is 48.5 Å². The summed E-state index contributed by atoms with van der Waals surface area (Å²) in [5.41, 5.74) is 0.0796. The summed E-state index contributed by atoms with van der Waals surface area (Å²) in [6.07, 6.45) is -4.41. The fourth-order valence-corrected chi connectivity index (χ4v) is 1.70. The second kappa shape index (κ2) is 5.53. The Kier molecular flexibility index (Phi) is 4.00. The van der Waals surface area contributed by atoms with Crippen LogP contribution in [0.2, 0.25) is 5.02 Å². The van der Waals surface area contributed by atoms with Crippen LogP contribution in [0.5, 0.6) is 5.75 Å². The molecule has 0 saturated heterocycles. The summed E-state index contributed by atoms with van der Waals surface area (Å²) in [5.74, 6) is 0.0281. The molecule has 0 saturated carbocycles. The van der Waals surface area contributed by atoms with Crippen LogP contribution in [0.25, 0.3) is 0 Å². The molecule has 5 heteroatoms. The Balaban J connectivity index is 2.16. The number of benzene rings is 2. The van der Waals surface area contributed by atoms with Gasteiger partial charge in [-0.25, -0.2) is 0 Å². The second-order valence-electron chi connectivity index (χ2n) is 3.92. The van der Waals surface area contributed by atoms with E-state index in [1.807, 2.05) is 30.3 Å². The summed E-state index contributed by atoms with van der Waals surface area (Å²) in [6, 6.07) is 12.2. The minimum atomic E-state index is -4.41. The van der Waals surface area contributed by atoms with Gasteiger partial charge in [-0.15, -0.1) is 0 Å². The Morgan fingerprint density at radius 3 is 2.32 bits per heavy atom. The molecule has 0 aliphatic carbocycles. The van der Waals surface area contributed by atoms with Crippen molar-refractivity contribution in [1.29, 1.82) is 0 Å². The zero-order valence-corrected chi connectivity index (χ0v) is 10.5. The number of halogens is 4. The summed E-state index contributed by atoms with van der Waals surface area (Å²) < 4.78 is 43.0. The van der Waals surface area contributed by atoms with Crippen molar-refractivity contribution in [2.45, 2.75) is 12.8 Å². The molecule has 2 rings (SSSR count). The fraction of sp³-hybridized carbons (Fsp3) is 0.143. The van der Waals surface area contributed by atoms with Crippen molar-refractivity contribution in [1.82, 2.24) is 0 Å². The first kappa shape index (κ1) is 13.7. The second-order valence-corrected chi connectivity index (χ2v) is 4.32. The van der Waals surface area contributed by atoms with Crippen LogP contribution in [0.3, 0.4) is 0 Å². The Labute approximate surface area is 113 Å². The van der Waals surface area contributed by atoms with E-state index in [1.54, 1.807) is 0 Å². The molecule has 100 valence electrons. The minimum absolute atomic E-state index is 0.0281. The van der Waals surface area contributed by atoms with E-state index in [2.05, 4.69) is 0 Å². The van der Waals surface area contributed by atoms with Gasteiger partial charge in [-0.05, 0) is 23.8 Å².